The van der Waals surface area contributed by atoms with Crippen LogP contribution in [-0.2, 0) is 14.9 Å². The topological polar surface area (TPSA) is 30.9 Å². The molecule has 1 aliphatic carbocycles. The Morgan fingerprint density at radius 3 is 2.61 bits per heavy atom. The van der Waals surface area contributed by atoms with E-state index in [0.29, 0.717) is 5.92 Å². The maximum atomic E-state index is 6.42. The number of nitrogens with zero attached hydrogens (tertiary/aromatic N) is 1. The van der Waals surface area contributed by atoms with Crippen LogP contribution < -0.4 is 4.74 Å². The molecule has 0 radical (unpaired) electrons. The molecule has 1 aromatic carbocycles. The summed E-state index contributed by atoms with van der Waals surface area (Å²) < 4.78 is 18.3. The van der Waals surface area contributed by atoms with Crippen molar-refractivity contribution < 1.29 is 14.2 Å². The molecule has 4 nitrogen and oxygen atoms in total. The summed E-state index contributed by atoms with van der Waals surface area (Å²) >= 11 is 0. The number of likely N-dealkylation sites (tertiary alicyclic amines) is 1. The van der Waals surface area contributed by atoms with Crippen LogP contribution in [0.1, 0.15) is 25.8 Å². The third-order valence-corrected chi connectivity index (χ3v) is 5.92. The molecule has 126 valence electrons. The van der Waals surface area contributed by atoms with Crippen LogP contribution in [0, 0.1) is 11.3 Å². The van der Waals surface area contributed by atoms with E-state index in [4.69, 9.17) is 14.2 Å². The molecule has 1 saturated carbocycles. The average molecular weight is 317 g/mol. The van der Waals surface area contributed by atoms with Crippen molar-refractivity contribution in [3.8, 4) is 5.75 Å². The first-order valence-corrected chi connectivity index (χ1v) is 8.52. The van der Waals surface area contributed by atoms with Crippen molar-refractivity contribution in [2.75, 3.05) is 40.5 Å². The zero-order valence-electron chi connectivity index (χ0n) is 14.6. The summed E-state index contributed by atoms with van der Waals surface area (Å²) in [4.78, 5) is 2.41. The number of benzene rings is 1. The fourth-order valence-corrected chi connectivity index (χ4v) is 4.73. The van der Waals surface area contributed by atoms with E-state index in [0.717, 1.165) is 38.5 Å². The van der Waals surface area contributed by atoms with Gasteiger partial charge < -0.3 is 19.1 Å². The molecular weight excluding hydrogens is 290 g/mol. The van der Waals surface area contributed by atoms with Crippen molar-refractivity contribution in [2.45, 2.75) is 31.5 Å². The Hall–Kier alpha value is -1.10. The van der Waals surface area contributed by atoms with Crippen molar-refractivity contribution in [1.29, 1.82) is 0 Å². The van der Waals surface area contributed by atoms with E-state index in [1.807, 2.05) is 6.07 Å². The van der Waals surface area contributed by atoms with Gasteiger partial charge in [-0.3, -0.25) is 0 Å². The number of hydrogen-bond acceptors (Lipinski definition) is 4. The highest BCUT2D eigenvalue weighted by molar-refractivity contribution is 5.42. The first-order valence-electron chi connectivity index (χ1n) is 8.52. The second-order valence-electron chi connectivity index (χ2n) is 8.30. The molecule has 3 aliphatic rings. The van der Waals surface area contributed by atoms with Crippen molar-refractivity contribution in [3.05, 3.63) is 29.8 Å². The number of hydrogen-bond donors (Lipinski definition) is 0. The molecule has 4 rings (SSSR count). The third kappa shape index (κ3) is 2.08. The molecule has 0 amide bonds. The number of ether oxygens (including phenoxy) is 3. The molecule has 3 fully saturated rings. The summed E-state index contributed by atoms with van der Waals surface area (Å²) in [5.41, 5.74) is 1.31. The summed E-state index contributed by atoms with van der Waals surface area (Å²) in [5.74, 6) is 1.02. The molecule has 2 unspecified atom stereocenters. The molecule has 23 heavy (non-hydrogen) atoms. The van der Waals surface area contributed by atoms with Gasteiger partial charge in [0.25, 0.3) is 0 Å². The lowest BCUT2D eigenvalue weighted by Crippen LogP contribution is -2.71. The van der Waals surface area contributed by atoms with Crippen LogP contribution in [0.3, 0.4) is 0 Å². The molecule has 2 atom stereocenters. The SMILES string of the molecule is COc1cccc(C23CN(C)CC2CC32OCC(C)(C)CO2)c1. The largest absolute Gasteiger partial charge is 0.497 e. The van der Waals surface area contributed by atoms with Crippen LogP contribution in [0.2, 0.25) is 0 Å². The van der Waals surface area contributed by atoms with E-state index >= 15 is 0 Å². The minimum atomic E-state index is -0.468. The van der Waals surface area contributed by atoms with Gasteiger partial charge in [0, 0.05) is 24.9 Å². The van der Waals surface area contributed by atoms with Gasteiger partial charge in [-0.25, -0.2) is 0 Å². The van der Waals surface area contributed by atoms with Crippen molar-refractivity contribution in [3.63, 3.8) is 0 Å². The maximum Gasteiger partial charge on any atom is 0.179 e. The summed E-state index contributed by atoms with van der Waals surface area (Å²) in [6.45, 7) is 8.01. The molecule has 0 bridgehead atoms. The maximum absolute atomic E-state index is 6.42. The lowest BCUT2D eigenvalue weighted by molar-refractivity contribution is -0.377. The van der Waals surface area contributed by atoms with E-state index in [9.17, 15) is 0 Å². The van der Waals surface area contributed by atoms with E-state index in [2.05, 4.69) is 44.0 Å². The first-order chi connectivity index (χ1) is 10.9. The van der Waals surface area contributed by atoms with Gasteiger partial charge in [0.15, 0.2) is 5.79 Å². The second kappa shape index (κ2) is 4.95. The van der Waals surface area contributed by atoms with E-state index in [-0.39, 0.29) is 10.8 Å². The monoisotopic (exact) mass is 317 g/mol. The Labute approximate surface area is 138 Å². The summed E-state index contributed by atoms with van der Waals surface area (Å²) in [6.07, 6.45) is 0.991. The smallest absolute Gasteiger partial charge is 0.179 e. The molecular formula is C19H27NO3. The van der Waals surface area contributed by atoms with Crippen molar-refractivity contribution in [1.82, 2.24) is 4.90 Å². The van der Waals surface area contributed by atoms with Crippen LogP contribution in [0.5, 0.6) is 5.75 Å². The predicted octanol–water partition coefficient (Wildman–Crippen LogP) is 2.67. The molecule has 4 heteroatoms. The van der Waals surface area contributed by atoms with E-state index in [1.54, 1.807) is 7.11 Å². The van der Waals surface area contributed by atoms with Crippen LogP contribution in [0.4, 0.5) is 0 Å². The fraction of sp³-hybridized carbons (Fsp3) is 0.684. The van der Waals surface area contributed by atoms with Gasteiger partial charge in [-0.1, -0.05) is 26.0 Å². The first kappa shape index (κ1) is 15.4. The fourth-order valence-electron chi connectivity index (χ4n) is 4.73. The number of likely N-dealkylation sites (N-methyl/N-ethyl adjacent to an activating group) is 1. The number of methoxy groups -OCH3 is 1. The van der Waals surface area contributed by atoms with Gasteiger partial charge >= 0.3 is 0 Å². The Balaban J connectivity index is 1.75. The lowest BCUT2D eigenvalue weighted by atomic mass is 9.53. The Morgan fingerprint density at radius 2 is 1.96 bits per heavy atom. The summed E-state index contributed by atoms with van der Waals surface area (Å²) in [7, 11) is 3.92. The zero-order valence-corrected chi connectivity index (χ0v) is 14.6. The molecule has 1 aromatic rings. The van der Waals surface area contributed by atoms with Crippen molar-refractivity contribution in [2.24, 2.45) is 11.3 Å². The number of rotatable bonds is 2. The van der Waals surface area contributed by atoms with Gasteiger partial charge in [-0.2, -0.15) is 0 Å². The quantitative estimate of drug-likeness (QED) is 0.839. The Kier molecular flexibility index (Phi) is 3.32. The zero-order chi connectivity index (χ0) is 16.3. The Bertz CT molecular complexity index is 604. The highest BCUT2D eigenvalue weighted by Gasteiger charge is 2.72. The summed E-state index contributed by atoms with van der Waals surface area (Å²) in [5, 5.41) is 0. The normalized spacial score (nSPS) is 34.9. The van der Waals surface area contributed by atoms with Gasteiger partial charge in [-0.15, -0.1) is 0 Å². The predicted molar refractivity (Wildman–Crippen MR) is 88.7 cm³/mol. The number of fused-ring (bicyclic) bond motifs is 2. The highest BCUT2D eigenvalue weighted by atomic mass is 16.7. The van der Waals surface area contributed by atoms with Crippen LogP contribution in [0.25, 0.3) is 0 Å². The average Bonchev–Trinajstić information content (AvgIpc) is 2.81. The van der Waals surface area contributed by atoms with Gasteiger partial charge in [0.05, 0.1) is 25.7 Å². The Morgan fingerprint density at radius 1 is 1.22 bits per heavy atom. The molecule has 2 saturated heterocycles. The molecule has 1 spiro atoms. The van der Waals surface area contributed by atoms with E-state index < -0.39 is 5.79 Å². The van der Waals surface area contributed by atoms with Gasteiger partial charge in [-0.05, 0) is 30.7 Å². The molecule has 2 aliphatic heterocycles. The molecule has 0 aromatic heterocycles. The van der Waals surface area contributed by atoms with Crippen LogP contribution >= 0.6 is 0 Å². The van der Waals surface area contributed by atoms with Crippen molar-refractivity contribution >= 4 is 0 Å². The van der Waals surface area contributed by atoms with E-state index in [1.165, 1.54) is 5.56 Å². The van der Waals surface area contributed by atoms with Crippen LogP contribution in [-0.4, -0.2) is 51.1 Å². The van der Waals surface area contributed by atoms with Gasteiger partial charge in [0.2, 0.25) is 0 Å². The minimum Gasteiger partial charge on any atom is -0.497 e. The second-order valence-corrected chi connectivity index (χ2v) is 8.30. The van der Waals surface area contributed by atoms with Gasteiger partial charge in [0.1, 0.15) is 5.75 Å². The molecule has 0 N–H and O–H groups in total. The third-order valence-electron chi connectivity index (χ3n) is 5.92. The summed E-state index contributed by atoms with van der Waals surface area (Å²) in [6, 6.07) is 8.46. The molecule has 2 heterocycles. The van der Waals surface area contributed by atoms with Crippen LogP contribution in [0.15, 0.2) is 24.3 Å². The standard InChI is InChI=1S/C19H27NO3/c1-17(2)12-22-19(23-13-17)9-15-10-20(3)11-18(15,19)14-6-5-7-16(8-14)21-4/h5-8,15H,9-13H2,1-4H3. The lowest BCUT2D eigenvalue weighted by Gasteiger charge is -2.63. The minimum absolute atomic E-state index is 0.0766. The highest BCUT2D eigenvalue weighted by Crippen LogP contribution is 2.63.